The van der Waals surface area contributed by atoms with Crippen LogP contribution in [-0.2, 0) is 0 Å². The van der Waals surface area contributed by atoms with Gasteiger partial charge in [0.25, 0.3) is 0 Å². The highest BCUT2D eigenvalue weighted by atomic mass is 14.9. The zero-order valence-corrected chi connectivity index (χ0v) is 17.6. The minimum Gasteiger partial charge on any atom is -0.308 e. The minimum absolute atomic E-state index is 0.690. The first kappa shape index (κ1) is 17.3. The summed E-state index contributed by atoms with van der Waals surface area (Å²) in [5, 5.41) is 17.1. The number of fused-ring (bicyclic) bond motifs is 8. The topological polar surface area (TPSA) is 28.2 Å². The summed E-state index contributed by atoms with van der Waals surface area (Å²) in [4.78, 5) is 0. The van der Waals surface area contributed by atoms with Crippen molar-refractivity contribution in [2.24, 2.45) is 0 Å². The number of para-hydroxylation sites is 1. The fourth-order valence-electron chi connectivity index (χ4n) is 5.43. The summed E-state index contributed by atoms with van der Waals surface area (Å²) >= 11 is 0. The molecule has 0 bridgehead atoms. The summed E-state index contributed by atoms with van der Waals surface area (Å²) < 4.78 is 2.42. The number of nitrogens with zero attached hydrogens (tertiary/aromatic N) is 2. The average molecular weight is 406 g/mol. The van der Waals surface area contributed by atoms with Crippen molar-refractivity contribution in [3.63, 3.8) is 0 Å². The van der Waals surface area contributed by atoms with E-state index < -0.39 is 0 Å². The van der Waals surface area contributed by atoms with Crippen molar-refractivity contribution >= 4 is 48.9 Å². The van der Waals surface area contributed by atoms with Crippen LogP contribution in [0, 0.1) is 18.3 Å². The molecule has 0 atom stereocenters. The van der Waals surface area contributed by atoms with Crippen LogP contribution in [0.3, 0.4) is 0 Å². The third kappa shape index (κ3) is 2.12. The minimum atomic E-state index is 0.690. The van der Waals surface area contributed by atoms with E-state index in [1.807, 2.05) is 18.2 Å². The molecule has 0 unspecified atom stereocenters. The molecule has 0 saturated carbocycles. The lowest BCUT2D eigenvalue weighted by molar-refractivity contribution is 1.37. The highest BCUT2D eigenvalue weighted by Gasteiger charge is 2.20. The van der Waals surface area contributed by atoms with Gasteiger partial charge in [0.15, 0.2) is 0 Å². The number of hydrogen-bond donors (Lipinski definition) is 0. The molecule has 2 heterocycles. The van der Waals surface area contributed by atoms with E-state index in [9.17, 15) is 5.26 Å². The molecule has 32 heavy (non-hydrogen) atoms. The average Bonchev–Trinajstić information content (AvgIpc) is 3.36. The second-order valence-electron chi connectivity index (χ2n) is 8.59. The van der Waals surface area contributed by atoms with Gasteiger partial charge in [0.05, 0.1) is 28.2 Å². The first-order valence-corrected chi connectivity index (χ1v) is 10.9. The predicted molar refractivity (Wildman–Crippen MR) is 133 cm³/mol. The van der Waals surface area contributed by atoms with E-state index in [2.05, 4.69) is 90.2 Å². The molecule has 0 aliphatic heterocycles. The smallest absolute Gasteiger partial charge is 0.0991 e. The van der Waals surface area contributed by atoms with Gasteiger partial charge in [0.2, 0.25) is 0 Å². The zero-order valence-electron chi connectivity index (χ0n) is 17.6. The normalized spacial score (nSPS) is 11.9. The lowest BCUT2D eigenvalue weighted by Gasteiger charge is -2.09. The number of hydrogen-bond acceptors (Lipinski definition) is 1. The summed E-state index contributed by atoms with van der Waals surface area (Å²) in [7, 11) is 0. The van der Waals surface area contributed by atoms with Gasteiger partial charge in [0.1, 0.15) is 0 Å². The Morgan fingerprint density at radius 2 is 1.47 bits per heavy atom. The van der Waals surface area contributed by atoms with Gasteiger partial charge in [-0.2, -0.15) is 5.26 Å². The van der Waals surface area contributed by atoms with Crippen molar-refractivity contribution in [1.82, 2.24) is 4.40 Å². The Morgan fingerprint density at radius 1 is 0.688 bits per heavy atom. The Balaban J connectivity index is 1.76. The summed E-state index contributed by atoms with van der Waals surface area (Å²) in [6.45, 7) is 2.12. The van der Waals surface area contributed by atoms with Crippen molar-refractivity contribution in [3.8, 4) is 17.2 Å². The molecule has 0 saturated heterocycles. The highest BCUT2D eigenvalue weighted by molar-refractivity contribution is 6.29. The molecule has 0 aliphatic rings. The first-order valence-electron chi connectivity index (χ1n) is 10.9. The monoisotopic (exact) mass is 406 g/mol. The largest absolute Gasteiger partial charge is 0.308 e. The van der Waals surface area contributed by atoms with Crippen molar-refractivity contribution < 1.29 is 0 Å². The molecule has 7 rings (SSSR count). The maximum atomic E-state index is 9.48. The van der Waals surface area contributed by atoms with Gasteiger partial charge in [0, 0.05) is 21.5 Å². The van der Waals surface area contributed by atoms with Gasteiger partial charge in [-0.3, -0.25) is 0 Å². The van der Waals surface area contributed by atoms with Crippen LogP contribution >= 0.6 is 0 Å². The van der Waals surface area contributed by atoms with E-state index in [0.29, 0.717) is 5.56 Å². The van der Waals surface area contributed by atoms with Crippen LogP contribution in [0.5, 0.6) is 0 Å². The van der Waals surface area contributed by atoms with Crippen LogP contribution in [-0.4, -0.2) is 4.40 Å². The second-order valence-corrected chi connectivity index (χ2v) is 8.59. The van der Waals surface area contributed by atoms with Crippen LogP contribution in [0.2, 0.25) is 0 Å². The number of nitriles is 1. The molecule has 2 nitrogen and oxygen atoms in total. The Bertz CT molecular complexity index is 1900. The van der Waals surface area contributed by atoms with Gasteiger partial charge >= 0.3 is 0 Å². The van der Waals surface area contributed by atoms with Gasteiger partial charge in [-0.1, -0.05) is 54.6 Å². The molecule has 0 spiro atoms. The molecule has 0 aliphatic carbocycles. The lowest BCUT2D eigenvalue weighted by atomic mass is 9.94. The molecule has 2 aromatic heterocycles. The van der Waals surface area contributed by atoms with E-state index in [4.69, 9.17) is 0 Å². The molecule has 0 amide bonds. The highest BCUT2D eigenvalue weighted by Crippen LogP contribution is 2.44. The number of benzene rings is 5. The van der Waals surface area contributed by atoms with E-state index in [0.717, 1.165) is 11.1 Å². The maximum absolute atomic E-state index is 9.48. The first-order chi connectivity index (χ1) is 15.7. The van der Waals surface area contributed by atoms with Crippen molar-refractivity contribution in [2.45, 2.75) is 6.92 Å². The summed E-state index contributed by atoms with van der Waals surface area (Å²) in [6.07, 6.45) is 0. The molecular formula is C30H18N2. The van der Waals surface area contributed by atoms with Gasteiger partial charge in [-0.25, -0.2) is 0 Å². The van der Waals surface area contributed by atoms with Crippen LogP contribution in [0.15, 0.2) is 91.0 Å². The molecule has 2 heteroatoms. The molecule has 0 radical (unpaired) electrons. The van der Waals surface area contributed by atoms with Crippen LogP contribution < -0.4 is 0 Å². The zero-order chi connectivity index (χ0) is 21.4. The number of rotatable bonds is 1. The van der Waals surface area contributed by atoms with E-state index in [1.54, 1.807) is 0 Å². The molecule has 0 fully saturated rings. The van der Waals surface area contributed by atoms with E-state index >= 15 is 0 Å². The van der Waals surface area contributed by atoms with Crippen molar-refractivity contribution in [1.29, 1.82) is 5.26 Å². The molecule has 0 N–H and O–H groups in total. The Morgan fingerprint density at radius 3 is 2.34 bits per heavy atom. The quantitative estimate of drug-likeness (QED) is 0.273. The number of aromatic nitrogens is 1. The fourth-order valence-corrected chi connectivity index (χ4v) is 5.43. The van der Waals surface area contributed by atoms with Gasteiger partial charge < -0.3 is 4.40 Å². The van der Waals surface area contributed by atoms with E-state index in [-0.39, 0.29) is 0 Å². The standard InChI is InChI=1S/C30H18N2/c1-18-10-11-19(17-31)14-24(18)21-15-25-23-8-4-5-9-27(23)32-28-13-12-20-6-2-3-7-22(20)29(28)26(16-21)30(25)32/h2-16H,1H3. The van der Waals surface area contributed by atoms with Crippen molar-refractivity contribution in [2.75, 3.05) is 0 Å². The second kappa shape index (κ2) is 6.09. The molecular weight excluding hydrogens is 388 g/mol. The maximum Gasteiger partial charge on any atom is 0.0991 e. The van der Waals surface area contributed by atoms with Crippen LogP contribution in [0.4, 0.5) is 0 Å². The predicted octanol–water partition coefficient (Wildman–Crippen LogP) is 7.84. The van der Waals surface area contributed by atoms with E-state index in [1.165, 1.54) is 54.4 Å². The lowest BCUT2D eigenvalue weighted by Crippen LogP contribution is -1.86. The Labute approximate surface area is 184 Å². The summed E-state index contributed by atoms with van der Waals surface area (Å²) in [6, 6.07) is 34.6. The summed E-state index contributed by atoms with van der Waals surface area (Å²) in [5.74, 6) is 0. The van der Waals surface area contributed by atoms with Crippen LogP contribution in [0.25, 0.3) is 60.0 Å². The Kier molecular flexibility index (Phi) is 3.30. The third-order valence-electron chi connectivity index (χ3n) is 6.86. The third-order valence-corrected chi connectivity index (χ3v) is 6.86. The fraction of sp³-hybridized carbons (Fsp3) is 0.0333. The SMILES string of the molecule is Cc1ccc(C#N)cc1-c1cc2c3ccccc3n3c4ccc5ccccc5c4c(c1)c23. The molecule has 5 aromatic carbocycles. The van der Waals surface area contributed by atoms with Crippen molar-refractivity contribution in [3.05, 3.63) is 102 Å². The van der Waals surface area contributed by atoms with Gasteiger partial charge in [-0.15, -0.1) is 0 Å². The van der Waals surface area contributed by atoms with Gasteiger partial charge in [-0.05, 0) is 70.8 Å². The Hall–Kier alpha value is -4.35. The molecule has 148 valence electrons. The summed E-state index contributed by atoms with van der Waals surface area (Å²) in [5.41, 5.74) is 7.89. The molecule has 7 aromatic rings. The van der Waals surface area contributed by atoms with Crippen LogP contribution in [0.1, 0.15) is 11.1 Å². The number of aryl methyl sites for hydroxylation is 1.